The summed E-state index contributed by atoms with van der Waals surface area (Å²) in [5, 5.41) is 0. The second kappa shape index (κ2) is 8.06. The summed E-state index contributed by atoms with van der Waals surface area (Å²) in [6.45, 7) is 1.95. The van der Waals surface area contributed by atoms with Gasteiger partial charge in [0.25, 0.3) is 0 Å². The fraction of sp³-hybridized carbons (Fsp3) is 0.235. The molecular formula is C17H19NO2S3. The van der Waals surface area contributed by atoms with Crippen LogP contribution in [0.2, 0.25) is 0 Å². The maximum Gasteiger partial charge on any atom is 0.241 e. The monoisotopic (exact) mass is 365 g/mol. The fourth-order valence-electron chi connectivity index (χ4n) is 2.28. The quantitative estimate of drug-likeness (QED) is 0.785. The smallest absolute Gasteiger partial charge is 0.207 e. The Morgan fingerprint density at radius 1 is 1.04 bits per heavy atom. The van der Waals surface area contributed by atoms with E-state index in [0.29, 0.717) is 0 Å². The third-order valence-electron chi connectivity index (χ3n) is 3.57. The average molecular weight is 366 g/mol. The number of nitrogens with one attached hydrogen (secondary N) is 1. The van der Waals surface area contributed by atoms with Crippen LogP contribution in [-0.4, -0.2) is 18.9 Å². The maximum absolute atomic E-state index is 12.7. The van der Waals surface area contributed by atoms with E-state index in [1.54, 1.807) is 30.3 Å². The first-order valence-electron chi connectivity index (χ1n) is 7.16. The summed E-state index contributed by atoms with van der Waals surface area (Å²) >= 11 is 6.86. The second-order valence-corrected chi connectivity index (χ2v) is 8.39. The molecule has 0 unspecified atom stereocenters. The van der Waals surface area contributed by atoms with E-state index in [4.69, 9.17) is 12.2 Å². The van der Waals surface area contributed by atoms with Crippen LogP contribution in [0, 0.1) is 5.92 Å². The van der Waals surface area contributed by atoms with Gasteiger partial charge in [-0.25, -0.2) is 13.1 Å². The predicted molar refractivity (Wildman–Crippen MR) is 101 cm³/mol. The van der Waals surface area contributed by atoms with Gasteiger partial charge in [-0.1, -0.05) is 67.7 Å². The van der Waals surface area contributed by atoms with Crippen molar-refractivity contribution in [1.82, 2.24) is 4.72 Å². The van der Waals surface area contributed by atoms with Gasteiger partial charge in [0.15, 0.2) is 0 Å². The molecule has 0 aliphatic rings. The van der Waals surface area contributed by atoms with Crippen molar-refractivity contribution in [3.8, 4) is 0 Å². The van der Waals surface area contributed by atoms with Crippen molar-refractivity contribution in [3.05, 3.63) is 66.2 Å². The molecule has 6 heteroatoms. The first-order valence-corrected chi connectivity index (χ1v) is 10.3. The number of benzene rings is 2. The highest BCUT2D eigenvalue weighted by atomic mass is 32.2. The Kier molecular flexibility index (Phi) is 6.35. The lowest BCUT2D eigenvalue weighted by molar-refractivity contribution is 0.519. The third kappa shape index (κ3) is 4.64. The zero-order valence-electron chi connectivity index (χ0n) is 13.0. The van der Waals surface area contributed by atoms with Gasteiger partial charge in [0.05, 0.1) is 15.1 Å². The molecule has 2 atom stereocenters. The minimum atomic E-state index is -3.61. The van der Waals surface area contributed by atoms with Crippen LogP contribution in [0.25, 0.3) is 0 Å². The van der Waals surface area contributed by atoms with Gasteiger partial charge in [-0.2, -0.15) is 0 Å². The fourth-order valence-corrected chi connectivity index (χ4v) is 4.25. The van der Waals surface area contributed by atoms with Crippen LogP contribution in [0.1, 0.15) is 18.5 Å². The molecule has 2 rings (SSSR count). The molecule has 0 aliphatic carbocycles. The van der Waals surface area contributed by atoms with Crippen LogP contribution in [0.3, 0.4) is 0 Å². The highest BCUT2D eigenvalue weighted by Crippen LogP contribution is 2.28. The molecule has 0 bridgehead atoms. The highest BCUT2D eigenvalue weighted by Gasteiger charge is 2.27. The van der Waals surface area contributed by atoms with Crippen molar-refractivity contribution in [1.29, 1.82) is 0 Å². The Balaban J connectivity index is 2.37. The van der Waals surface area contributed by atoms with E-state index in [-0.39, 0.29) is 10.8 Å². The van der Waals surface area contributed by atoms with Gasteiger partial charge in [0, 0.05) is 5.92 Å². The third-order valence-corrected chi connectivity index (χ3v) is 6.67. The Hall–Kier alpha value is -1.21. The van der Waals surface area contributed by atoms with Gasteiger partial charge >= 0.3 is 0 Å². The first-order chi connectivity index (χ1) is 11.0. The lowest BCUT2D eigenvalue weighted by Gasteiger charge is -2.25. The summed E-state index contributed by atoms with van der Waals surface area (Å²) in [4.78, 5) is 0.253. The largest absolute Gasteiger partial charge is 0.241 e. The molecule has 0 aliphatic heterocycles. The average Bonchev–Trinajstić information content (AvgIpc) is 2.60. The van der Waals surface area contributed by atoms with Gasteiger partial charge in [0.2, 0.25) is 10.0 Å². The summed E-state index contributed by atoms with van der Waals surface area (Å²) in [6, 6.07) is 17.5. The molecule has 0 heterocycles. The summed E-state index contributed by atoms with van der Waals surface area (Å²) in [6.07, 6.45) is 1.91. The summed E-state index contributed by atoms with van der Waals surface area (Å²) in [7, 11) is -3.61. The van der Waals surface area contributed by atoms with Gasteiger partial charge in [0.1, 0.15) is 0 Å². The minimum absolute atomic E-state index is 0.110. The standard InChI is InChI=1S/C17H19NO2S3/c1-13(17(21)22-2)16(14-9-5-3-6-10-14)18-23(19,20)15-11-7-4-8-12-15/h3-13,16,18H,1-2H3/t13-,16+/m1/s1. The van der Waals surface area contributed by atoms with Gasteiger partial charge in [-0.15, -0.1) is 11.8 Å². The number of hydrogen-bond acceptors (Lipinski definition) is 4. The maximum atomic E-state index is 12.7. The van der Waals surface area contributed by atoms with Gasteiger partial charge < -0.3 is 0 Å². The Morgan fingerprint density at radius 2 is 1.57 bits per heavy atom. The zero-order chi connectivity index (χ0) is 16.9. The number of thiocarbonyl (C=S) groups is 1. The molecular weight excluding hydrogens is 346 g/mol. The Morgan fingerprint density at radius 3 is 2.09 bits per heavy atom. The number of thioether (sulfide) groups is 1. The van der Waals surface area contributed by atoms with E-state index in [0.717, 1.165) is 9.76 Å². The van der Waals surface area contributed by atoms with Crippen molar-refractivity contribution in [3.63, 3.8) is 0 Å². The van der Waals surface area contributed by atoms with Gasteiger partial charge in [-0.3, -0.25) is 0 Å². The minimum Gasteiger partial charge on any atom is -0.207 e. The van der Waals surface area contributed by atoms with E-state index < -0.39 is 16.1 Å². The molecule has 0 radical (unpaired) electrons. The number of sulfonamides is 1. The molecule has 0 saturated heterocycles. The molecule has 122 valence electrons. The highest BCUT2D eigenvalue weighted by molar-refractivity contribution is 8.22. The molecule has 0 fully saturated rings. The van der Waals surface area contributed by atoms with Crippen molar-refractivity contribution in [2.45, 2.75) is 17.9 Å². The topological polar surface area (TPSA) is 46.2 Å². The van der Waals surface area contributed by atoms with E-state index in [9.17, 15) is 8.42 Å². The van der Waals surface area contributed by atoms with Crippen molar-refractivity contribution < 1.29 is 8.42 Å². The normalized spacial score (nSPS) is 14.2. The lowest BCUT2D eigenvalue weighted by atomic mass is 9.97. The molecule has 0 aromatic heterocycles. The Bertz CT molecular complexity index is 746. The molecule has 0 spiro atoms. The number of rotatable bonds is 6. The molecule has 23 heavy (non-hydrogen) atoms. The molecule has 2 aromatic carbocycles. The molecule has 1 N–H and O–H groups in total. The van der Waals surface area contributed by atoms with Crippen LogP contribution in [0.15, 0.2) is 65.6 Å². The van der Waals surface area contributed by atoms with Crippen LogP contribution < -0.4 is 4.72 Å². The van der Waals surface area contributed by atoms with Crippen LogP contribution in [-0.2, 0) is 10.0 Å². The summed E-state index contributed by atoms with van der Waals surface area (Å²) < 4.78 is 28.9. The van der Waals surface area contributed by atoms with E-state index in [1.165, 1.54) is 11.8 Å². The second-order valence-electron chi connectivity index (χ2n) is 5.13. The van der Waals surface area contributed by atoms with E-state index in [2.05, 4.69) is 4.72 Å². The Labute approximate surface area is 147 Å². The zero-order valence-corrected chi connectivity index (χ0v) is 15.4. The van der Waals surface area contributed by atoms with E-state index >= 15 is 0 Å². The SMILES string of the molecule is CSC(=S)[C@H](C)[C@H](NS(=O)(=O)c1ccccc1)c1ccccc1. The van der Waals surface area contributed by atoms with Crippen LogP contribution in [0.4, 0.5) is 0 Å². The molecule has 0 saturated carbocycles. The molecule has 2 aromatic rings. The van der Waals surface area contributed by atoms with Crippen LogP contribution in [0.5, 0.6) is 0 Å². The summed E-state index contributed by atoms with van der Waals surface area (Å²) in [5.41, 5.74) is 0.899. The first kappa shape index (κ1) is 18.1. The van der Waals surface area contributed by atoms with Crippen molar-refractivity contribution in [2.75, 3.05) is 6.26 Å². The van der Waals surface area contributed by atoms with Crippen molar-refractivity contribution >= 4 is 38.2 Å². The summed E-state index contributed by atoms with van der Waals surface area (Å²) in [5.74, 6) is -0.110. The molecule has 0 amide bonds. The predicted octanol–water partition coefficient (Wildman–Crippen LogP) is 4.03. The molecule has 3 nitrogen and oxygen atoms in total. The van der Waals surface area contributed by atoms with Gasteiger partial charge in [-0.05, 0) is 24.0 Å². The number of hydrogen-bond donors (Lipinski definition) is 1. The van der Waals surface area contributed by atoms with E-state index in [1.807, 2.05) is 43.5 Å². The van der Waals surface area contributed by atoms with Crippen LogP contribution >= 0.6 is 24.0 Å². The lowest BCUT2D eigenvalue weighted by Crippen LogP contribution is -2.34. The van der Waals surface area contributed by atoms with Crippen molar-refractivity contribution in [2.24, 2.45) is 5.92 Å².